The smallest absolute Gasteiger partial charge is 0.304 e. The van der Waals surface area contributed by atoms with Gasteiger partial charge in [-0.15, -0.1) is 0 Å². The molecule has 10 heteroatoms. The minimum absolute atomic E-state index is 0.0712. The number of para-hydroxylation sites is 1. The van der Waals surface area contributed by atoms with E-state index < -0.39 is 34.5 Å². The van der Waals surface area contributed by atoms with Gasteiger partial charge in [0.05, 0.1) is 5.69 Å². The molecule has 0 spiro atoms. The van der Waals surface area contributed by atoms with Crippen molar-refractivity contribution in [2.45, 2.75) is 64.6 Å². The molecule has 2 amide bonds. The number of halogens is 1. The van der Waals surface area contributed by atoms with Gasteiger partial charge in [-0.2, -0.15) is 12.7 Å². The minimum atomic E-state index is -4.21. The zero-order chi connectivity index (χ0) is 27.2. The number of nitrogens with one attached hydrogen (secondary N) is 1. The summed E-state index contributed by atoms with van der Waals surface area (Å²) in [6, 6.07) is 12.3. The van der Waals surface area contributed by atoms with E-state index in [1.54, 1.807) is 0 Å². The molecule has 0 bridgehead atoms. The van der Waals surface area contributed by atoms with Crippen LogP contribution in [0.25, 0.3) is 0 Å². The first-order valence-electron chi connectivity index (χ1n) is 12.6. The molecule has 0 aromatic heterocycles. The summed E-state index contributed by atoms with van der Waals surface area (Å²) in [5.41, 5.74) is 1.62. The Morgan fingerprint density at radius 2 is 1.68 bits per heavy atom. The quantitative estimate of drug-likeness (QED) is 0.479. The van der Waals surface area contributed by atoms with E-state index in [1.807, 2.05) is 38.1 Å². The highest BCUT2D eigenvalue weighted by molar-refractivity contribution is 7.90. The molecular weight excluding hydrogens is 495 g/mol. The van der Waals surface area contributed by atoms with Crippen LogP contribution in [0, 0.1) is 12.7 Å². The summed E-state index contributed by atoms with van der Waals surface area (Å²) in [5.74, 6) is -1.62. The first-order chi connectivity index (χ1) is 17.5. The van der Waals surface area contributed by atoms with Gasteiger partial charge in [0.2, 0.25) is 11.8 Å². The fourth-order valence-electron chi connectivity index (χ4n) is 4.53. The molecule has 8 nitrogen and oxygen atoms in total. The van der Waals surface area contributed by atoms with Crippen molar-refractivity contribution in [3.63, 3.8) is 0 Å². The lowest BCUT2D eigenvalue weighted by atomic mass is 10.1. The number of aryl methyl sites for hydroxylation is 1. The van der Waals surface area contributed by atoms with Crippen LogP contribution in [0.1, 0.15) is 50.2 Å². The SMILES string of the molecule is CC[C@@H](C(=O)NC1CCCC1)N(Cc1ccc(C)cc1)C(=O)CN(c1ccccc1F)S(=O)(=O)N(C)C. The lowest BCUT2D eigenvalue weighted by Crippen LogP contribution is -2.54. The van der Waals surface area contributed by atoms with Crippen LogP contribution in [0.5, 0.6) is 0 Å². The van der Waals surface area contributed by atoms with E-state index >= 15 is 0 Å². The first-order valence-corrected chi connectivity index (χ1v) is 14.0. The van der Waals surface area contributed by atoms with Crippen LogP contribution in [0.4, 0.5) is 10.1 Å². The van der Waals surface area contributed by atoms with Crippen molar-refractivity contribution in [1.29, 1.82) is 0 Å². The van der Waals surface area contributed by atoms with E-state index in [1.165, 1.54) is 37.2 Å². The second-order valence-electron chi connectivity index (χ2n) is 9.67. The van der Waals surface area contributed by atoms with Crippen molar-refractivity contribution in [1.82, 2.24) is 14.5 Å². The van der Waals surface area contributed by atoms with E-state index in [0.717, 1.165) is 51.5 Å². The van der Waals surface area contributed by atoms with Gasteiger partial charge in [0, 0.05) is 26.7 Å². The number of rotatable bonds is 11. The Hall–Kier alpha value is -2.98. The van der Waals surface area contributed by atoms with Crippen LogP contribution in [0.2, 0.25) is 0 Å². The number of nitrogens with zero attached hydrogens (tertiary/aromatic N) is 3. The zero-order valence-corrected chi connectivity index (χ0v) is 22.8. The molecule has 2 aromatic rings. The normalized spacial score (nSPS) is 15.0. The van der Waals surface area contributed by atoms with E-state index in [9.17, 15) is 22.4 Å². The van der Waals surface area contributed by atoms with Crippen LogP contribution in [0.15, 0.2) is 48.5 Å². The molecule has 0 radical (unpaired) electrons. The first kappa shape index (κ1) is 28.6. The van der Waals surface area contributed by atoms with Crippen molar-refractivity contribution in [3.8, 4) is 0 Å². The Morgan fingerprint density at radius 3 is 2.24 bits per heavy atom. The van der Waals surface area contributed by atoms with Crippen molar-refractivity contribution in [3.05, 3.63) is 65.5 Å². The van der Waals surface area contributed by atoms with Crippen molar-refractivity contribution < 1.29 is 22.4 Å². The molecule has 2 aromatic carbocycles. The van der Waals surface area contributed by atoms with Crippen molar-refractivity contribution in [2.75, 3.05) is 24.9 Å². The van der Waals surface area contributed by atoms with Crippen LogP contribution < -0.4 is 9.62 Å². The van der Waals surface area contributed by atoms with E-state index in [-0.39, 0.29) is 24.2 Å². The van der Waals surface area contributed by atoms with Gasteiger partial charge in [0.15, 0.2) is 0 Å². The Balaban J connectivity index is 1.97. The Kier molecular flexibility index (Phi) is 9.67. The average Bonchev–Trinajstić information content (AvgIpc) is 3.37. The number of benzene rings is 2. The second kappa shape index (κ2) is 12.5. The molecule has 1 aliphatic carbocycles. The van der Waals surface area contributed by atoms with Crippen LogP contribution in [-0.2, 0) is 26.3 Å². The molecule has 0 saturated heterocycles. The lowest BCUT2D eigenvalue weighted by Gasteiger charge is -2.34. The summed E-state index contributed by atoms with van der Waals surface area (Å²) in [7, 11) is -1.57. The zero-order valence-electron chi connectivity index (χ0n) is 22.0. The van der Waals surface area contributed by atoms with Gasteiger partial charge < -0.3 is 10.2 Å². The van der Waals surface area contributed by atoms with Crippen LogP contribution >= 0.6 is 0 Å². The van der Waals surface area contributed by atoms with Gasteiger partial charge in [0.1, 0.15) is 18.4 Å². The fraction of sp³-hybridized carbons (Fsp3) is 0.481. The standard InChI is InChI=1S/C27H37FN4O4S/c1-5-24(27(34)29-22-10-6-7-11-22)31(18-21-16-14-20(2)15-17-21)26(33)19-32(37(35,36)30(3)4)25-13-9-8-12-23(25)28/h8-9,12-17,22,24H,5-7,10-11,18-19H2,1-4H3,(H,29,34)/t24-/m0/s1. The number of carbonyl (C=O) groups excluding carboxylic acids is 2. The van der Waals surface area contributed by atoms with Gasteiger partial charge in [0.25, 0.3) is 0 Å². The van der Waals surface area contributed by atoms with Crippen LogP contribution in [0.3, 0.4) is 0 Å². The average molecular weight is 533 g/mol. The highest BCUT2D eigenvalue weighted by Gasteiger charge is 2.35. The third-order valence-electron chi connectivity index (χ3n) is 6.70. The van der Waals surface area contributed by atoms with Gasteiger partial charge in [-0.05, 0) is 43.9 Å². The maximum absolute atomic E-state index is 14.7. The number of carbonyl (C=O) groups is 2. The summed E-state index contributed by atoms with van der Waals surface area (Å²) >= 11 is 0. The van der Waals surface area contributed by atoms with E-state index in [2.05, 4.69) is 5.32 Å². The number of anilines is 1. The van der Waals surface area contributed by atoms with E-state index in [0.29, 0.717) is 6.42 Å². The monoisotopic (exact) mass is 532 g/mol. The maximum Gasteiger partial charge on any atom is 0.304 e. The predicted molar refractivity (Wildman–Crippen MR) is 143 cm³/mol. The third-order valence-corrected chi connectivity index (χ3v) is 8.51. The van der Waals surface area contributed by atoms with Gasteiger partial charge in [-0.3, -0.25) is 9.59 Å². The number of hydrogen-bond donors (Lipinski definition) is 1. The molecule has 0 unspecified atom stereocenters. The van der Waals surface area contributed by atoms with Gasteiger partial charge in [-0.1, -0.05) is 61.7 Å². The Morgan fingerprint density at radius 1 is 1.05 bits per heavy atom. The molecule has 1 N–H and O–H groups in total. The molecule has 0 aliphatic heterocycles. The Labute approximate surface area is 219 Å². The molecule has 202 valence electrons. The topological polar surface area (TPSA) is 90.0 Å². The van der Waals surface area contributed by atoms with Crippen molar-refractivity contribution in [2.24, 2.45) is 0 Å². The lowest BCUT2D eigenvalue weighted by molar-refractivity contribution is -0.140. The summed E-state index contributed by atoms with van der Waals surface area (Å²) < 4.78 is 42.8. The summed E-state index contributed by atoms with van der Waals surface area (Å²) in [6.07, 6.45) is 4.24. The highest BCUT2D eigenvalue weighted by Crippen LogP contribution is 2.24. The molecular formula is C27H37FN4O4S. The molecule has 1 fully saturated rings. The molecule has 0 heterocycles. The molecule has 3 rings (SSSR count). The van der Waals surface area contributed by atoms with Crippen molar-refractivity contribution >= 4 is 27.7 Å². The second-order valence-corrected chi connectivity index (χ2v) is 11.7. The minimum Gasteiger partial charge on any atom is -0.352 e. The number of hydrogen-bond acceptors (Lipinski definition) is 4. The number of amides is 2. The summed E-state index contributed by atoms with van der Waals surface area (Å²) in [4.78, 5) is 28.6. The van der Waals surface area contributed by atoms with Gasteiger partial charge >= 0.3 is 10.2 Å². The summed E-state index contributed by atoms with van der Waals surface area (Å²) in [6.45, 7) is 3.23. The summed E-state index contributed by atoms with van der Waals surface area (Å²) in [5, 5.41) is 3.07. The van der Waals surface area contributed by atoms with Crippen LogP contribution in [-0.4, -0.2) is 62.2 Å². The fourth-order valence-corrected chi connectivity index (χ4v) is 5.60. The molecule has 1 aliphatic rings. The highest BCUT2D eigenvalue weighted by atomic mass is 32.2. The molecule has 1 atom stereocenters. The maximum atomic E-state index is 14.7. The van der Waals surface area contributed by atoms with Gasteiger partial charge in [-0.25, -0.2) is 8.70 Å². The van der Waals surface area contributed by atoms with E-state index in [4.69, 9.17) is 0 Å². The largest absolute Gasteiger partial charge is 0.352 e. The molecule has 37 heavy (non-hydrogen) atoms. The Bertz CT molecular complexity index is 1180. The molecule has 1 saturated carbocycles. The third kappa shape index (κ3) is 7.07. The predicted octanol–water partition coefficient (Wildman–Crippen LogP) is 3.61.